The Labute approximate surface area is 176 Å². The molecule has 0 radical (unpaired) electrons. The molecule has 0 aliphatic carbocycles. The van der Waals surface area contributed by atoms with Crippen molar-refractivity contribution in [2.24, 2.45) is 0 Å². The van der Waals surface area contributed by atoms with Crippen LogP contribution in [0.15, 0.2) is 34.8 Å². The number of benzene rings is 2. The maximum atomic E-state index is 13.2. The van der Waals surface area contributed by atoms with Gasteiger partial charge in [-0.3, -0.25) is 4.79 Å². The number of hydrogen-bond donors (Lipinski definition) is 1. The van der Waals surface area contributed by atoms with Crippen molar-refractivity contribution in [3.05, 3.63) is 57.1 Å². The Morgan fingerprint density at radius 1 is 1.29 bits per heavy atom. The van der Waals surface area contributed by atoms with Crippen LogP contribution in [-0.4, -0.2) is 31.5 Å². The molecule has 1 aliphatic rings. The highest BCUT2D eigenvalue weighted by Crippen LogP contribution is 2.38. The van der Waals surface area contributed by atoms with Crippen LogP contribution in [0.2, 0.25) is 0 Å². The largest absolute Gasteiger partial charge is 0.496 e. The Kier molecular flexibility index (Phi) is 5.87. The quantitative estimate of drug-likeness (QED) is 0.671. The highest BCUT2D eigenvalue weighted by molar-refractivity contribution is 9.10. The van der Waals surface area contributed by atoms with Crippen molar-refractivity contribution in [3.8, 4) is 5.75 Å². The van der Waals surface area contributed by atoms with Gasteiger partial charge in [-0.05, 0) is 47.9 Å². The van der Waals surface area contributed by atoms with Crippen molar-refractivity contribution in [1.82, 2.24) is 4.90 Å². The third-order valence-corrected chi connectivity index (χ3v) is 6.05. The Bertz CT molecular complexity index is 906. The van der Waals surface area contributed by atoms with E-state index in [1.165, 1.54) is 11.1 Å². The van der Waals surface area contributed by atoms with Gasteiger partial charge < -0.3 is 15.0 Å². The molecule has 2 aromatic carbocycles. The molecule has 1 heterocycles. The Morgan fingerprint density at radius 3 is 2.64 bits per heavy atom. The van der Waals surface area contributed by atoms with Crippen molar-refractivity contribution in [3.63, 3.8) is 0 Å². The number of nitrogens with one attached hydrogen (secondary N) is 1. The zero-order chi connectivity index (χ0) is 20.6. The lowest BCUT2D eigenvalue weighted by Gasteiger charge is -2.39. The average molecular weight is 445 g/mol. The third-order valence-electron chi connectivity index (χ3n) is 5.37. The number of anilines is 1. The minimum Gasteiger partial charge on any atom is -0.496 e. The molecule has 1 amide bonds. The summed E-state index contributed by atoms with van der Waals surface area (Å²) in [6.45, 7) is 10.5. The van der Waals surface area contributed by atoms with Crippen LogP contribution in [0.3, 0.4) is 0 Å². The Hall–Kier alpha value is -1.85. The number of methoxy groups -OCH3 is 1. The van der Waals surface area contributed by atoms with E-state index in [2.05, 4.69) is 67.0 Å². The standard InChI is InChI=1S/C23H29BrN2O2/c1-14(2)16-11-20(28-6)17(10-18(16)24)22(27)25-19-9-7-8-15-12-26(5)13-23(3,4)21(15)19/h7-11,14H,12-13H2,1-6H3,(H,25,27). The predicted octanol–water partition coefficient (Wildman–Crippen LogP) is 5.56. The van der Waals surface area contributed by atoms with E-state index in [0.29, 0.717) is 17.2 Å². The zero-order valence-electron chi connectivity index (χ0n) is 17.5. The second-order valence-corrected chi connectivity index (χ2v) is 9.43. The van der Waals surface area contributed by atoms with Gasteiger partial charge in [-0.25, -0.2) is 0 Å². The zero-order valence-corrected chi connectivity index (χ0v) is 19.1. The van der Waals surface area contributed by atoms with Gasteiger partial charge in [0.2, 0.25) is 0 Å². The lowest BCUT2D eigenvalue weighted by Crippen LogP contribution is -2.40. The van der Waals surface area contributed by atoms with Gasteiger partial charge in [0.05, 0.1) is 12.7 Å². The number of hydrogen-bond acceptors (Lipinski definition) is 3. The summed E-state index contributed by atoms with van der Waals surface area (Å²) in [6, 6.07) is 9.96. The first kappa shape index (κ1) is 20.9. The highest BCUT2D eigenvalue weighted by atomic mass is 79.9. The molecule has 28 heavy (non-hydrogen) atoms. The summed E-state index contributed by atoms with van der Waals surface area (Å²) in [5.74, 6) is 0.767. The van der Waals surface area contributed by atoms with E-state index >= 15 is 0 Å². The monoisotopic (exact) mass is 444 g/mol. The first-order valence-electron chi connectivity index (χ1n) is 9.63. The van der Waals surface area contributed by atoms with Crippen LogP contribution in [-0.2, 0) is 12.0 Å². The SMILES string of the molecule is COc1cc(C(C)C)c(Br)cc1C(=O)Nc1cccc2c1C(C)(C)CN(C)C2. The molecule has 4 nitrogen and oxygen atoms in total. The van der Waals surface area contributed by atoms with E-state index in [4.69, 9.17) is 4.74 Å². The number of halogens is 1. The molecule has 0 saturated heterocycles. The highest BCUT2D eigenvalue weighted by Gasteiger charge is 2.33. The second-order valence-electron chi connectivity index (χ2n) is 8.58. The topological polar surface area (TPSA) is 41.6 Å². The molecule has 150 valence electrons. The first-order chi connectivity index (χ1) is 13.1. The summed E-state index contributed by atoms with van der Waals surface area (Å²) in [5, 5.41) is 3.15. The molecule has 5 heteroatoms. The molecule has 1 aliphatic heterocycles. The summed E-state index contributed by atoms with van der Waals surface area (Å²) in [6.07, 6.45) is 0. The molecule has 0 spiro atoms. The molecule has 0 fully saturated rings. The molecular weight excluding hydrogens is 416 g/mol. The summed E-state index contributed by atoms with van der Waals surface area (Å²) in [5.41, 5.74) is 4.97. The first-order valence-corrected chi connectivity index (χ1v) is 10.4. The van der Waals surface area contributed by atoms with E-state index in [-0.39, 0.29) is 11.3 Å². The van der Waals surface area contributed by atoms with Crippen LogP contribution >= 0.6 is 15.9 Å². The maximum absolute atomic E-state index is 13.2. The van der Waals surface area contributed by atoms with Crippen LogP contribution < -0.4 is 10.1 Å². The van der Waals surface area contributed by atoms with Crippen LogP contribution in [0, 0.1) is 0 Å². The van der Waals surface area contributed by atoms with E-state index in [1.54, 1.807) is 7.11 Å². The smallest absolute Gasteiger partial charge is 0.259 e. The predicted molar refractivity (Wildman–Crippen MR) is 119 cm³/mol. The number of carbonyl (C=O) groups is 1. The number of fused-ring (bicyclic) bond motifs is 1. The van der Waals surface area contributed by atoms with Crippen molar-refractivity contribution < 1.29 is 9.53 Å². The molecule has 0 bridgehead atoms. The summed E-state index contributed by atoms with van der Waals surface area (Å²) in [4.78, 5) is 15.5. The van der Waals surface area contributed by atoms with Gasteiger partial charge in [0.15, 0.2) is 0 Å². The molecule has 0 unspecified atom stereocenters. The van der Waals surface area contributed by atoms with E-state index in [0.717, 1.165) is 28.8 Å². The van der Waals surface area contributed by atoms with Crippen LogP contribution in [0.1, 0.15) is 60.7 Å². The number of carbonyl (C=O) groups excluding carboxylic acids is 1. The van der Waals surface area contributed by atoms with Gasteiger partial charge in [-0.1, -0.05) is 55.8 Å². The lowest BCUT2D eigenvalue weighted by atomic mass is 9.77. The summed E-state index contributed by atoms with van der Waals surface area (Å²) < 4.78 is 6.45. The second kappa shape index (κ2) is 7.88. The average Bonchev–Trinajstić information content (AvgIpc) is 2.59. The minimum absolute atomic E-state index is 0.0433. The van der Waals surface area contributed by atoms with Gasteiger partial charge in [-0.2, -0.15) is 0 Å². The number of likely N-dealkylation sites (N-methyl/N-ethyl adjacent to an activating group) is 1. The molecule has 0 atom stereocenters. The van der Waals surface area contributed by atoms with Crippen molar-refractivity contribution in [2.45, 2.75) is 45.6 Å². The molecule has 0 aromatic heterocycles. The Morgan fingerprint density at radius 2 is 2.00 bits per heavy atom. The fraction of sp³-hybridized carbons (Fsp3) is 0.435. The van der Waals surface area contributed by atoms with Crippen molar-refractivity contribution >= 4 is 27.5 Å². The number of rotatable bonds is 4. The van der Waals surface area contributed by atoms with Gasteiger partial charge in [0, 0.05) is 28.7 Å². The van der Waals surface area contributed by atoms with Crippen molar-refractivity contribution in [2.75, 3.05) is 26.0 Å². The lowest BCUT2D eigenvalue weighted by molar-refractivity contribution is 0.102. The number of nitrogens with zero attached hydrogens (tertiary/aromatic N) is 1. The van der Waals surface area contributed by atoms with E-state index in [9.17, 15) is 4.79 Å². The summed E-state index contributed by atoms with van der Waals surface area (Å²) >= 11 is 3.61. The number of amides is 1. The molecule has 0 saturated carbocycles. The maximum Gasteiger partial charge on any atom is 0.259 e. The number of ether oxygens (including phenoxy) is 1. The van der Waals surface area contributed by atoms with Crippen LogP contribution in [0.25, 0.3) is 0 Å². The van der Waals surface area contributed by atoms with Gasteiger partial charge >= 0.3 is 0 Å². The van der Waals surface area contributed by atoms with E-state index in [1.807, 2.05) is 24.3 Å². The fourth-order valence-electron chi connectivity index (χ4n) is 4.28. The van der Waals surface area contributed by atoms with Crippen LogP contribution in [0.5, 0.6) is 5.75 Å². The summed E-state index contributed by atoms with van der Waals surface area (Å²) in [7, 11) is 3.74. The van der Waals surface area contributed by atoms with Gasteiger partial charge in [0.1, 0.15) is 5.75 Å². The molecule has 3 rings (SSSR count). The van der Waals surface area contributed by atoms with Crippen molar-refractivity contribution in [1.29, 1.82) is 0 Å². The normalized spacial score (nSPS) is 16.0. The molecular formula is C23H29BrN2O2. The minimum atomic E-state index is -0.156. The van der Waals surface area contributed by atoms with Gasteiger partial charge in [0.25, 0.3) is 5.91 Å². The molecule has 1 N–H and O–H groups in total. The fourth-order valence-corrected chi connectivity index (χ4v) is 5.08. The van der Waals surface area contributed by atoms with Crippen LogP contribution in [0.4, 0.5) is 5.69 Å². The van der Waals surface area contributed by atoms with Gasteiger partial charge in [-0.15, -0.1) is 0 Å². The third kappa shape index (κ3) is 3.96. The molecule has 2 aromatic rings. The Balaban J connectivity index is 2.00. The van der Waals surface area contributed by atoms with E-state index < -0.39 is 0 Å².